The van der Waals surface area contributed by atoms with Crippen LogP contribution in [0.2, 0.25) is 0 Å². The number of aliphatic carboxylic acids is 1. The number of carboxylic acid groups (broad SMARTS) is 1. The second-order valence-corrected chi connectivity index (χ2v) is 7.81. The van der Waals surface area contributed by atoms with E-state index in [1.165, 1.54) is 12.0 Å². The minimum absolute atomic E-state index is 0.373. The second-order valence-electron chi connectivity index (χ2n) is 7.81. The summed E-state index contributed by atoms with van der Waals surface area (Å²) < 4.78 is 7.61. The van der Waals surface area contributed by atoms with Gasteiger partial charge in [0.15, 0.2) is 6.17 Å². The topological polar surface area (TPSA) is 131 Å². The third-order valence-corrected chi connectivity index (χ3v) is 5.70. The van der Waals surface area contributed by atoms with Gasteiger partial charge in [-0.25, -0.2) is 14.8 Å². The predicted molar refractivity (Wildman–Crippen MR) is 134 cm³/mol. The number of nitrogens with two attached hydrogens (primary N) is 1. The number of fused-ring (bicyclic) bond motifs is 1. The summed E-state index contributed by atoms with van der Waals surface area (Å²) in [6, 6.07) is 13.4. The van der Waals surface area contributed by atoms with Gasteiger partial charge in [0.2, 0.25) is 5.95 Å². The van der Waals surface area contributed by atoms with E-state index in [0.29, 0.717) is 28.8 Å². The summed E-state index contributed by atoms with van der Waals surface area (Å²) in [7, 11) is 6.74. The number of nitrogens with one attached hydrogen (secondary N) is 2. The van der Waals surface area contributed by atoms with Crippen molar-refractivity contribution in [3.8, 4) is 17.0 Å². The van der Waals surface area contributed by atoms with Crippen molar-refractivity contribution in [3.63, 3.8) is 0 Å². The summed E-state index contributed by atoms with van der Waals surface area (Å²) in [5.74, 6) is -0.178. The predicted octanol–water partition coefficient (Wildman–Crippen LogP) is 3.04. The van der Waals surface area contributed by atoms with Gasteiger partial charge in [-0.15, -0.1) is 0 Å². The molecule has 0 saturated heterocycles. The number of carboxylic acids is 1. The van der Waals surface area contributed by atoms with Crippen LogP contribution in [0.3, 0.4) is 0 Å². The molecule has 4 aromatic rings. The fraction of sp³-hybridized carbons (Fsp3) is 0.208. The van der Waals surface area contributed by atoms with Gasteiger partial charge in [0, 0.05) is 49.0 Å². The van der Waals surface area contributed by atoms with Gasteiger partial charge in [-0.3, -0.25) is 5.32 Å². The van der Waals surface area contributed by atoms with E-state index in [4.69, 9.17) is 15.5 Å². The summed E-state index contributed by atoms with van der Waals surface area (Å²) >= 11 is 0. The Kier molecular flexibility index (Phi) is 6.24. The fourth-order valence-electron chi connectivity index (χ4n) is 4.01. The molecule has 10 heteroatoms. The normalized spacial score (nSPS) is 11.9. The smallest absolute Gasteiger partial charge is 0.341 e. The summed E-state index contributed by atoms with van der Waals surface area (Å²) in [5.41, 5.74) is 10.6. The van der Waals surface area contributed by atoms with Gasteiger partial charge in [0.05, 0.1) is 29.9 Å². The monoisotopic (exact) mass is 461 g/mol. The van der Waals surface area contributed by atoms with Crippen LogP contribution in [-0.4, -0.2) is 53.0 Å². The molecule has 0 aliphatic rings. The number of hydrogen-bond donors (Lipinski definition) is 4. The number of likely N-dealkylation sites (N-methyl/N-ethyl adjacent to an activating group) is 2. The Morgan fingerprint density at radius 2 is 2.03 bits per heavy atom. The number of nitrogens with zero attached hydrogens (tertiary/aromatic N) is 4. The molecule has 1 atom stereocenters. The van der Waals surface area contributed by atoms with Crippen molar-refractivity contribution in [2.45, 2.75) is 6.17 Å². The molecule has 0 saturated carbocycles. The first-order valence-corrected chi connectivity index (χ1v) is 10.6. The minimum Gasteiger partial charge on any atom is -0.494 e. The molecule has 0 bridgehead atoms. The van der Waals surface area contributed by atoms with E-state index in [1.54, 1.807) is 32.4 Å². The number of hydrogen-bond acceptors (Lipinski definition) is 8. The Morgan fingerprint density at radius 3 is 2.74 bits per heavy atom. The van der Waals surface area contributed by atoms with E-state index in [9.17, 15) is 9.90 Å². The molecule has 0 fully saturated rings. The van der Waals surface area contributed by atoms with E-state index >= 15 is 0 Å². The second kappa shape index (κ2) is 9.28. The van der Waals surface area contributed by atoms with Crippen molar-refractivity contribution in [2.75, 3.05) is 37.2 Å². The summed E-state index contributed by atoms with van der Waals surface area (Å²) in [6.45, 7) is 0. The molecule has 0 amide bonds. The van der Waals surface area contributed by atoms with Crippen molar-refractivity contribution in [2.24, 2.45) is 7.05 Å². The zero-order chi connectivity index (χ0) is 24.4. The molecule has 2 aromatic carbocycles. The highest BCUT2D eigenvalue weighted by atomic mass is 16.5. The van der Waals surface area contributed by atoms with Crippen molar-refractivity contribution >= 4 is 39.9 Å². The Hall–Kier alpha value is -4.31. The highest BCUT2D eigenvalue weighted by Crippen LogP contribution is 2.37. The lowest BCUT2D eigenvalue weighted by Crippen LogP contribution is -2.48. The average molecular weight is 462 g/mol. The Balaban J connectivity index is 1.68. The third kappa shape index (κ3) is 4.18. The molecule has 10 nitrogen and oxygen atoms in total. The number of rotatable bonds is 8. The lowest BCUT2D eigenvalue weighted by molar-refractivity contribution is -0.139. The fourth-order valence-corrected chi connectivity index (χ4v) is 4.01. The number of nitrogen functional groups attached to an aromatic ring is 1. The number of methoxy groups -OCH3 is 1. The van der Waals surface area contributed by atoms with Crippen molar-refractivity contribution in [1.82, 2.24) is 19.9 Å². The summed E-state index contributed by atoms with van der Waals surface area (Å²) in [5, 5.41) is 16.5. The highest BCUT2D eigenvalue weighted by molar-refractivity contribution is 5.95. The first-order chi connectivity index (χ1) is 16.3. The van der Waals surface area contributed by atoms with Crippen LogP contribution < -0.4 is 26.0 Å². The van der Waals surface area contributed by atoms with Crippen LogP contribution in [0.15, 0.2) is 54.9 Å². The van der Waals surface area contributed by atoms with Gasteiger partial charge in [-0.2, -0.15) is 0 Å². The molecule has 176 valence electrons. The summed E-state index contributed by atoms with van der Waals surface area (Å²) in [4.78, 5) is 22.1. The number of para-hydroxylation sites is 1. The van der Waals surface area contributed by atoms with Crippen LogP contribution >= 0.6 is 0 Å². The average Bonchev–Trinajstić information content (AvgIpc) is 3.16. The molecular weight excluding hydrogens is 434 g/mol. The maximum Gasteiger partial charge on any atom is 0.341 e. The summed E-state index contributed by atoms with van der Waals surface area (Å²) in [6.07, 6.45) is 2.78. The quantitative estimate of drug-likeness (QED) is 0.231. The molecule has 2 heterocycles. The molecular formula is C24H27N7O3. The molecule has 0 radical (unpaired) electrons. The van der Waals surface area contributed by atoms with Gasteiger partial charge in [-0.05, 0) is 25.2 Å². The number of benzene rings is 2. The third-order valence-electron chi connectivity index (χ3n) is 5.70. The SMILES string of the molecule is CNC(C(=O)O)N(C)c1cc(OC)c(Nc2nccc(-c3cn(C)c4ccccc34)n2)cc1N. The van der Waals surface area contributed by atoms with Crippen molar-refractivity contribution in [3.05, 3.63) is 54.9 Å². The van der Waals surface area contributed by atoms with Crippen molar-refractivity contribution in [1.29, 1.82) is 0 Å². The van der Waals surface area contributed by atoms with E-state index in [-0.39, 0.29) is 0 Å². The molecule has 1 unspecified atom stereocenters. The van der Waals surface area contributed by atoms with Gasteiger partial charge in [0.1, 0.15) is 5.75 Å². The van der Waals surface area contributed by atoms with E-state index in [2.05, 4.69) is 32.3 Å². The largest absolute Gasteiger partial charge is 0.494 e. The first-order valence-electron chi connectivity index (χ1n) is 10.6. The van der Waals surface area contributed by atoms with E-state index < -0.39 is 12.1 Å². The molecule has 0 spiro atoms. The zero-order valence-corrected chi connectivity index (χ0v) is 19.4. The standard InChI is InChI=1S/C24H27N7O3/c1-26-22(23(32)33)31(3)20-12-21(34-4)18(11-16(20)25)29-24-27-10-9-17(28-24)15-13-30(2)19-8-6-5-7-14(15)19/h5-13,22,26H,25H2,1-4H3,(H,32,33)(H,27,28,29). The highest BCUT2D eigenvalue weighted by Gasteiger charge is 2.24. The number of anilines is 4. The maximum atomic E-state index is 11.5. The Morgan fingerprint density at radius 1 is 1.26 bits per heavy atom. The van der Waals surface area contributed by atoms with Crippen LogP contribution in [0.4, 0.5) is 23.0 Å². The Bertz CT molecular complexity index is 1350. The molecule has 4 rings (SSSR count). The lowest BCUT2D eigenvalue weighted by Gasteiger charge is -2.28. The maximum absolute atomic E-state index is 11.5. The number of aromatic nitrogens is 3. The van der Waals surface area contributed by atoms with Crippen LogP contribution in [-0.2, 0) is 11.8 Å². The molecule has 0 aliphatic heterocycles. The van der Waals surface area contributed by atoms with Crippen molar-refractivity contribution < 1.29 is 14.6 Å². The molecule has 0 aliphatic carbocycles. The minimum atomic E-state index is -1.02. The van der Waals surface area contributed by atoms with Gasteiger partial charge in [0.25, 0.3) is 0 Å². The number of carbonyl (C=O) groups is 1. The van der Waals surface area contributed by atoms with Gasteiger partial charge < -0.3 is 30.4 Å². The number of ether oxygens (including phenoxy) is 1. The van der Waals surface area contributed by atoms with Crippen LogP contribution in [0, 0.1) is 0 Å². The first kappa shape index (κ1) is 22.9. The van der Waals surface area contributed by atoms with E-state index in [1.807, 2.05) is 31.4 Å². The lowest BCUT2D eigenvalue weighted by atomic mass is 10.1. The number of aryl methyl sites for hydroxylation is 1. The Labute approximate surface area is 197 Å². The van der Waals surface area contributed by atoms with E-state index in [0.717, 1.165) is 22.2 Å². The zero-order valence-electron chi connectivity index (χ0n) is 19.4. The van der Waals surface area contributed by atoms with Gasteiger partial charge >= 0.3 is 5.97 Å². The van der Waals surface area contributed by atoms with Gasteiger partial charge in [-0.1, -0.05) is 18.2 Å². The molecule has 34 heavy (non-hydrogen) atoms. The van der Waals surface area contributed by atoms with Crippen LogP contribution in [0.1, 0.15) is 0 Å². The molecule has 5 N–H and O–H groups in total. The molecule has 2 aromatic heterocycles. The van der Waals surface area contributed by atoms with Crippen LogP contribution in [0.25, 0.3) is 22.2 Å². The van der Waals surface area contributed by atoms with Crippen LogP contribution in [0.5, 0.6) is 5.75 Å².